The van der Waals surface area contributed by atoms with Gasteiger partial charge in [-0.1, -0.05) is 83.9 Å². The number of halogens is 1. The van der Waals surface area contributed by atoms with Crippen LogP contribution in [0.4, 0.5) is 4.39 Å². The molecule has 29 heavy (non-hydrogen) atoms. The Morgan fingerprint density at radius 3 is 2.21 bits per heavy atom. The van der Waals surface area contributed by atoms with Crippen molar-refractivity contribution >= 4 is 5.57 Å². The topological polar surface area (TPSA) is 0 Å². The fraction of sp³-hybridized carbons (Fsp3) is 0.500. The maximum atomic E-state index is 14.7. The standard InChI is InChI=1S/C28H39F/c1-8-11-21(6)16-17-28(7,10-3)24-14-12-22(13-15-24)23-18-26(20(4)5)25(9-2)27(29)19-23/h12-15,18-19,21H,4,8-11,16-17H2,1-3,5-7H3. The number of hydrogen-bond acceptors (Lipinski definition) is 0. The normalized spacial score (nSPS) is 14.4. The van der Waals surface area contributed by atoms with Crippen LogP contribution in [0.15, 0.2) is 43.0 Å². The quantitative estimate of drug-likeness (QED) is 0.377. The summed E-state index contributed by atoms with van der Waals surface area (Å²) in [6.07, 6.45) is 6.86. The van der Waals surface area contributed by atoms with E-state index in [0.717, 1.165) is 40.2 Å². The summed E-state index contributed by atoms with van der Waals surface area (Å²) in [5.41, 5.74) is 6.19. The van der Waals surface area contributed by atoms with Gasteiger partial charge < -0.3 is 0 Å². The van der Waals surface area contributed by atoms with Crippen LogP contribution < -0.4 is 0 Å². The van der Waals surface area contributed by atoms with E-state index >= 15 is 0 Å². The minimum atomic E-state index is -0.129. The fourth-order valence-corrected chi connectivity index (χ4v) is 4.34. The van der Waals surface area contributed by atoms with Crippen molar-refractivity contribution in [3.05, 3.63) is 65.5 Å². The van der Waals surface area contributed by atoms with Crippen LogP contribution in [0.3, 0.4) is 0 Å². The Morgan fingerprint density at radius 2 is 1.69 bits per heavy atom. The van der Waals surface area contributed by atoms with Gasteiger partial charge in [0.1, 0.15) is 5.82 Å². The smallest absolute Gasteiger partial charge is 0.127 e. The first-order chi connectivity index (χ1) is 13.8. The molecule has 0 bridgehead atoms. The fourth-order valence-electron chi connectivity index (χ4n) is 4.34. The monoisotopic (exact) mass is 394 g/mol. The molecule has 158 valence electrons. The van der Waals surface area contributed by atoms with E-state index in [0.29, 0.717) is 6.42 Å². The third kappa shape index (κ3) is 5.59. The SMILES string of the molecule is C=C(C)c1cc(-c2ccc(C(C)(CC)CCC(C)CCC)cc2)cc(F)c1CC. The molecule has 0 N–H and O–H groups in total. The first-order valence-electron chi connectivity index (χ1n) is 11.3. The van der Waals surface area contributed by atoms with Gasteiger partial charge in [-0.25, -0.2) is 4.39 Å². The highest BCUT2D eigenvalue weighted by Gasteiger charge is 2.25. The van der Waals surface area contributed by atoms with Gasteiger partial charge in [0.15, 0.2) is 0 Å². The maximum Gasteiger partial charge on any atom is 0.127 e. The molecule has 2 unspecified atom stereocenters. The molecule has 0 amide bonds. The second kappa shape index (κ2) is 10.2. The number of allylic oxidation sites excluding steroid dienone is 1. The summed E-state index contributed by atoms with van der Waals surface area (Å²) in [5.74, 6) is 0.654. The Balaban J connectivity index is 2.30. The van der Waals surface area contributed by atoms with Crippen molar-refractivity contribution in [2.24, 2.45) is 5.92 Å². The molecule has 0 aromatic heterocycles. The average molecular weight is 395 g/mol. The van der Waals surface area contributed by atoms with Gasteiger partial charge >= 0.3 is 0 Å². The van der Waals surface area contributed by atoms with Crippen molar-refractivity contribution in [2.75, 3.05) is 0 Å². The lowest BCUT2D eigenvalue weighted by atomic mass is 9.74. The van der Waals surface area contributed by atoms with Gasteiger partial charge in [0.25, 0.3) is 0 Å². The molecule has 2 atom stereocenters. The van der Waals surface area contributed by atoms with Gasteiger partial charge in [0.2, 0.25) is 0 Å². The highest BCUT2D eigenvalue weighted by atomic mass is 19.1. The summed E-state index contributed by atoms with van der Waals surface area (Å²) in [5, 5.41) is 0. The van der Waals surface area contributed by atoms with Crippen LogP contribution >= 0.6 is 0 Å². The molecular weight excluding hydrogens is 355 g/mol. The van der Waals surface area contributed by atoms with Gasteiger partial charge in [-0.15, -0.1) is 0 Å². The van der Waals surface area contributed by atoms with Crippen molar-refractivity contribution in [1.82, 2.24) is 0 Å². The second-order valence-corrected chi connectivity index (χ2v) is 9.04. The van der Waals surface area contributed by atoms with Crippen LogP contribution in [0.25, 0.3) is 16.7 Å². The average Bonchev–Trinajstić information content (AvgIpc) is 2.71. The Kier molecular flexibility index (Phi) is 8.25. The van der Waals surface area contributed by atoms with Crippen LogP contribution in [0.1, 0.15) is 90.3 Å². The van der Waals surface area contributed by atoms with Crippen molar-refractivity contribution in [1.29, 1.82) is 0 Å². The minimum absolute atomic E-state index is 0.129. The third-order valence-electron chi connectivity index (χ3n) is 6.67. The van der Waals surface area contributed by atoms with Crippen molar-refractivity contribution < 1.29 is 4.39 Å². The molecule has 2 rings (SSSR count). The molecule has 0 nitrogen and oxygen atoms in total. The predicted octanol–water partition coefficient (Wildman–Crippen LogP) is 8.97. The molecule has 2 aromatic rings. The Hall–Kier alpha value is -1.89. The molecule has 1 heteroatoms. The molecule has 0 saturated carbocycles. The minimum Gasteiger partial charge on any atom is -0.207 e. The van der Waals surface area contributed by atoms with Crippen molar-refractivity contribution in [2.45, 2.75) is 85.5 Å². The van der Waals surface area contributed by atoms with Gasteiger partial charge in [0, 0.05) is 0 Å². The summed E-state index contributed by atoms with van der Waals surface area (Å²) in [7, 11) is 0. The predicted molar refractivity (Wildman–Crippen MR) is 127 cm³/mol. The summed E-state index contributed by atoms with van der Waals surface area (Å²) < 4.78 is 14.7. The molecule has 0 heterocycles. The van der Waals surface area contributed by atoms with E-state index in [-0.39, 0.29) is 11.2 Å². The molecule has 2 aromatic carbocycles. The lowest BCUT2D eigenvalue weighted by molar-refractivity contribution is 0.353. The van der Waals surface area contributed by atoms with E-state index in [1.807, 2.05) is 13.8 Å². The third-order valence-corrected chi connectivity index (χ3v) is 6.67. The van der Waals surface area contributed by atoms with E-state index in [9.17, 15) is 4.39 Å². The van der Waals surface area contributed by atoms with Crippen LogP contribution in [0.2, 0.25) is 0 Å². The zero-order valence-corrected chi connectivity index (χ0v) is 19.4. The van der Waals surface area contributed by atoms with Crippen LogP contribution in [-0.4, -0.2) is 0 Å². The first kappa shape index (κ1) is 23.4. The summed E-state index contributed by atoms with van der Waals surface area (Å²) in [6.45, 7) is 17.3. The Labute approximate surface area is 178 Å². The zero-order valence-electron chi connectivity index (χ0n) is 19.4. The summed E-state index contributed by atoms with van der Waals surface area (Å²) in [4.78, 5) is 0. The lowest BCUT2D eigenvalue weighted by Gasteiger charge is -2.30. The van der Waals surface area contributed by atoms with Crippen molar-refractivity contribution in [3.8, 4) is 11.1 Å². The van der Waals surface area contributed by atoms with Gasteiger partial charge in [0.05, 0.1) is 0 Å². The lowest BCUT2D eigenvalue weighted by Crippen LogP contribution is -2.21. The highest BCUT2D eigenvalue weighted by molar-refractivity contribution is 5.73. The number of rotatable bonds is 10. The molecule has 0 aliphatic rings. The second-order valence-electron chi connectivity index (χ2n) is 9.04. The molecule has 0 spiro atoms. The highest BCUT2D eigenvalue weighted by Crippen LogP contribution is 2.36. The number of hydrogen-bond donors (Lipinski definition) is 0. The van der Waals surface area contributed by atoms with Crippen molar-refractivity contribution in [3.63, 3.8) is 0 Å². The van der Waals surface area contributed by atoms with Crippen LogP contribution in [0.5, 0.6) is 0 Å². The Bertz CT molecular complexity index is 815. The van der Waals surface area contributed by atoms with E-state index in [1.54, 1.807) is 6.07 Å². The van der Waals surface area contributed by atoms with Gasteiger partial charge in [-0.05, 0) is 83.9 Å². The van der Waals surface area contributed by atoms with Crippen LogP contribution in [0, 0.1) is 11.7 Å². The zero-order chi connectivity index (χ0) is 21.6. The van der Waals surface area contributed by atoms with E-state index in [2.05, 4.69) is 64.6 Å². The molecule has 0 aliphatic heterocycles. The molecule has 0 saturated heterocycles. The Morgan fingerprint density at radius 1 is 1.03 bits per heavy atom. The molecule has 0 radical (unpaired) electrons. The molecular formula is C28H39F. The van der Waals surface area contributed by atoms with E-state index in [1.165, 1.54) is 31.2 Å². The largest absolute Gasteiger partial charge is 0.207 e. The van der Waals surface area contributed by atoms with E-state index < -0.39 is 0 Å². The first-order valence-corrected chi connectivity index (χ1v) is 11.3. The van der Waals surface area contributed by atoms with E-state index in [4.69, 9.17) is 0 Å². The van der Waals surface area contributed by atoms with Gasteiger partial charge in [-0.2, -0.15) is 0 Å². The summed E-state index contributed by atoms with van der Waals surface area (Å²) >= 11 is 0. The molecule has 0 fully saturated rings. The maximum absolute atomic E-state index is 14.7. The number of benzene rings is 2. The summed E-state index contributed by atoms with van der Waals surface area (Å²) in [6, 6.07) is 12.6. The van der Waals surface area contributed by atoms with Gasteiger partial charge in [-0.3, -0.25) is 0 Å². The van der Waals surface area contributed by atoms with Crippen LogP contribution in [-0.2, 0) is 11.8 Å². The molecule has 0 aliphatic carbocycles.